The first-order chi connectivity index (χ1) is 14.8. The maximum absolute atomic E-state index is 2.53. The Morgan fingerprint density at radius 2 is 1.40 bits per heavy atom. The highest BCUT2D eigenvalue weighted by Gasteiger charge is 2.14. The highest BCUT2D eigenvalue weighted by molar-refractivity contribution is 5.66. The first-order valence-electron chi connectivity index (χ1n) is 11.3. The van der Waals surface area contributed by atoms with E-state index in [1.807, 2.05) is 0 Å². The first kappa shape index (κ1) is 22.1. The summed E-state index contributed by atoms with van der Waals surface area (Å²) >= 11 is 0. The summed E-state index contributed by atoms with van der Waals surface area (Å²) in [6, 6.07) is 32.7. The van der Waals surface area contributed by atoms with Crippen molar-refractivity contribution in [3.8, 4) is 0 Å². The molecule has 0 heterocycles. The van der Waals surface area contributed by atoms with Crippen LogP contribution in [0.15, 0.2) is 97.1 Å². The molecule has 3 aromatic carbocycles. The maximum Gasteiger partial charge on any atom is 0.0231 e. The van der Waals surface area contributed by atoms with Crippen molar-refractivity contribution in [3.05, 3.63) is 114 Å². The lowest BCUT2D eigenvalue weighted by molar-refractivity contribution is 0.318. The first-order valence-corrected chi connectivity index (χ1v) is 11.3. The molecule has 0 spiro atoms. The van der Waals surface area contributed by atoms with Crippen LogP contribution in [0.4, 0.5) is 0 Å². The minimum atomic E-state index is 0.372. The summed E-state index contributed by atoms with van der Waals surface area (Å²) in [6.45, 7) is 4.24. The van der Waals surface area contributed by atoms with E-state index in [0.29, 0.717) is 5.92 Å². The van der Waals surface area contributed by atoms with Gasteiger partial charge in [0.25, 0.3) is 0 Å². The van der Waals surface area contributed by atoms with Gasteiger partial charge < -0.3 is 4.90 Å². The molecule has 0 saturated carbocycles. The fourth-order valence-corrected chi connectivity index (χ4v) is 4.03. The predicted molar refractivity (Wildman–Crippen MR) is 131 cm³/mol. The van der Waals surface area contributed by atoms with Gasteiger partial charge in [0.05, 0.1) is 0 Å². The molecule has 0 amide bonds. The number of nitrogens with zero attached hydrogens (tertiary/aromatic N) is 1. The highest BCUT2D eigenvalue weighted by Crippen LogP contribution is 2.28. The smallest absolute Gasteiger partial charge is 0.0231 e. The van der Waals surface area contributed by atoms with Gasteiger partial charge in [0.15, 0.2) is 0 Å². The molecule has 1 heteroatoms. The lowest BCUT2D eigenvalue weighted by Gasteiger charge is -2.24. The van der Waals surface area contributed by atoms with Crippen molar-refractivity contribution in [1.29, 1.82) is 0 Å². The van der Waals surface area contributed by atoms with Gasteiger partial charge in [0.2, 0.25) is 0 Å². The van der Waals surface area contributed by atoms with Crippen LogP contribution in [0.2, 0.25) is 0 Å². The van der Waals surface area contributed by atoms with Gasteiger partial charge in [-0.05, 0) is 42.2 Å². The van der Waals surface area contributed by atoms with Gasteiger partial charge in [-0.15, -0.1) is 0 Å². The van der Waals surface area contributed by atoms with E-state index in [2.05, 4.69) is 116 Å². The van der Waals surface area contributed by atoms with E-state index in [4.69, 9.17) is 0 Å². The summed E-state index contributed by atoms with van der Waals surface area (Å²) in [5.74, 6) is 0.372. The molecular formula is C29H35N. The molecule has 0 radical (unpaired) electrons. The van der Waals surface area contributed by atoms with Gasteiger partial charge in [-0.1, -0.05) is 117 Å². The van der Waals surface area contributed by atoms with E-state index in [-0.39, 0.29) is 0 Å². The summed E-state index contributed by atoms with van der Waals surface area (Å²) < 4.78 is 0. The van der Waals surface area contributed by atoms with E-state index >= 15 is 0 Å². The van der Waals surface area contributed by atoms with Crippen molar-refractivity contribution in [3.63, 3.8) is 0 Å². The molecule has 0 saturated heterocycles. The van der Waals surface area contributed by atoms with E-state index in [1.165, 1.54) is 41.5 Å². The zero-order chi connectivity index (χ0) is 21.0. The quantitative estimate of drug-likeness (QED) is 0.302. The van der Waals surface area contributed by atoms with Crippen molar-refractivity contribution in [2.24, 2.45) is 0 Å². The van der Waals surface area contributed by atoms with E-state index in [0.717, 1.165) is 19.5 Å². The summed E-state index contributed by atoms with van der Waals surface area (Å²) in [5.41, 5.74) is 5.59. The Morgan fingerprint density at radius 1 is 0.800 bits per heavy atom. The van der Waals surface area contributed by atoms with Gasteiger partial charge in [0.1, 0.15) is 0 Å². The van der Waals surface area contributed by atoms with E-state index in [1.54, 1.807) is 0 Å². The number of hydrogen-bond acceptors (Lipinski definition) is 1. The fraction of sp³-hybridized carbons (Fsp3) is 0.310. The molecule has 0 aliphatic heterocycles. The normalized spacial score (nSPS) is 12.8. The molecule has 0 fully saturated rings. The topological polar surface area (TPSA) is 3.24 Å². The summed E-state index contributed by atoms with van der Waals surface area (Å²) in [6.07, 6.45) is 7.46. The molecule has 0 bridgehead atoms. The average Bonchev–Trinajstić information content (AvgIpc) is 2.79. The molecular weight excluding hydrogens is 362 g/mol. The largest absolute Gasteiger partial charge is 0.301 e. The minimum absolute atomic E-state index is 0.372. The molecule has 1 nitrogen and oxygen atoms in total. The molecule has 0 aromatic heterocycles. The van der Waals surface area contributed by atoms with Crippen molar-refractivity contribution in [2.75, 3.05) is 13.6 Å². The van der Waals surface area contributed by atoms with Crippen LogP contribution in [-0.2, 0) is 6.54 Å². The third-order valence-electron chi connectivity index (χ3n) is 5.63. The van der Waals surface area contributed by atoms with Crippen molar-refractivity contribution < 1.29 is 0 Å². The van der Waals surface area contributed by atoms with E-state index in [9.17, 15) is 0 Å². The van der Waals surface area contributed by atoms with Crippen LogP contribution >= 0.6 is 0 Å². The summed E-state index contributed by atoms with van der Waals surface area (Å²) in [5, 5.41) is 0. The molecule has 3 aromatic rings. The Kier molecular flexibility index (Phi) is 8.93. The molecule has 0 unspecified atom stereocenters. The van der Waals surface area contributed by atoms with Crippen molar-refractivity contribution in [1.82, 2.24) is 4.90 Å². The Labute approximate surface area is 183 Å². The van der Waals surface area contributed by atoms with Gasteiger partial charge in [-0.3, -0.25) is 0 Å². The number of likely N-dealkylation sites (N-methyl/N-ethyl adjacent to an activating group) is 1. The number of unbranched alkanes of at least 4 members (excludes halogenated alkanes) is 2. The zero-order valence-electron chi connectivity index (χ0n) is 18.5. The fourth-order valence-electron chi connectivity index (χ4n) is 4.03. The number of benzene rings is 3. The second-order valence-corrected chi connectivity index (χ2v) is 8.21. The van der Waals surface area contributed by atoms with Crippen LogP contribution in [0.1, 0.15) is 55.2 Å². The van der Waals surface area contributed by atoms with Crippen LogP contribution in [0, 0.1) is 0 Å². The second-order valence-electron chi connectivity index (χ2n) is 8.21. The number of hydrogen-bond donors (Lipinski definition) is 0. The second kappa shape index (κ2) is 12.1. The van der Waals surface area contributed by atoms with Gasteiger partial charge in [-0.25, -0.2) is 0 Å². The third kappa shape index (κ3) is 7.00. The van der Waals surface area contributed by atoms with Crippen molar-refractivity contribution >= 4 is 5.57 Å². The molecule has 0 aliphatic rings. The lowest BCUT2D eigenvalue weighted by atomic mass is 9.91. The monoisotopic (exact) mass is 397 g/mol. The SMILES string of the molecule is CCCCC/C(=C\[C@@H](CN(C)Cc1ccccc1)c1ccccc1)c1ccccc1. The van der Waals surface area contributed by atoms with Crippen molar-refractivity contribution in [2.45, 2.75) is 45.1 Å². The summed E-state index contributed by atoms with van der Waals surface area (Å²) in [7, 11) is 2.23. The zero-order valence-corrected chi connectivity index (χ0v) is 18.5. The number of allylic oxidation sites excluding steroid dienone is 1. The van der Waals surface area contributed by atoms with Crippen LogP contribution in [0.25, 0.3) is 5.57 Å². The van der Waals surface area contributed by atoms with Crippen LogP contribution in [0.5, 0.6) is 0 Å². The highest BCUT2D eigenvalue weighted by atomic mass is 15.1. The van der Waals surface area contributed by atoms with Gasteiger partial charge in [-0.2, -0.15) is 0 Å². The molecule has 30 heavy (non-hydrogen) atoms. The Morgan fingerprint density at radius 3 is 2.03 bits per heavy atom. The number of rotatable bonds is 11. The standard InChI is InChI=1S/C29H35N/c1-3-4-8-21-28(26-17-11-6-12-18-26)22-29(27-19-13-7-14-20-27)24-30(2)23-25-15-9-5-10-16-25/h5-7,9-20,22,29H,3-4,8,21,23-24H2,1-2H3/b28-22+/t29-/m0/s1. The Balaban J connectivity index is 1.85. The maximum atomic E-state index is 2.53. The van der Waals surface area contributed by atoms with Crippen LogP contribution in [-0.4, -0.2) is 18.5 Å². The lowest BCUT2D eigenvalue weighted by Crippen LogP contribution is -2.23. The molecule has 3 rings (SSSR count). The predicted octanol–water partition coefficient (Wildman–Crippen LogP) is 7.57. The molecule has 1 atom stereocenters. The Hall–Kier alpha value is -2.64. The molecule has 156 valence electrons. The van der Waals surface area contributed by atoms with Crippen LogP contribution < -0.4 is 0 Å². The molecule has 0 aliphatic carbocycles. The average molecular weight is 398 g/mol. The third-order valence-corrected chi connectivity index (χ3v) is 5.63. The van der Waals surface area contributed by atoms with Gasteiger partial charge in [0, 0.05) is 19.0 Å². The summed E-state index contributed by atoms with van der Waals surface area (Å²) in [4.78, 5) is 2.44. The molecule has 0 N–H and O–H groups in total. The van der Waals surface area contributed by atoms with Gasteiger partial charge >= 0.3 is 0 Å². The van der Waals surface area contributed by atoms with Crippen LogP contribution in [0.3, 0.4) is 0 Å². The Bertz CT molecular complexity index is 868. The van der Waals surface area contributed by atoms with E-state index < -0.39 is 0 Å². The minimum Gasteiger partial charge on any atom is -0.301 e.